The minimum Gasteiger partial charge on any atom is -0.381 e. The fourth-order valence-corrected chi connectivity index (χ4v) is 3.31. The van der Waals surface area contributed by atoms with E-state index in [1.54, 1.807) is 7.05 Å². The third-order valence-electron chi connectivity index (χ3n) is 2.97. The molecule has 0 saturated carbocycles. The van der Waals surface area contributed by atoms with Gasteiger partial charge in [-0.1, -0.05) is 0 Å². The molecule has 0 aromatic rings. The molecule has 0 atom stereocenters. The maximum absolute atomic E-state index is 12.0. The van der Waals surface area contributed by atoms with Gasteiger partial charge < -0.3 is 10.1 Å². The lowest BCUT2D eigenvalue weighted by Crippen LogP contribution is -2.41. The molecule has 0 bridgehead atoms. The second-order valence-electron chi connectivity index (χ2n) is 4.13. The lowest BCUT2D eigenvalue weighted by Gasteiger charge is -2.30. The third-order valence-corrected chi connectivity index (χ3v) is 4.95. The number of hydrogen-bond acceptors (Lipinski definition) is 4. The zero-order valence-corrected chi connectivity index (χ0v) is 10.9. The summed E-state index contributed by atoms with van der Waals surface area (Å²) in [7, 11) is 0.419. The summed E-state index contributed by atoms with van der Waals surface area (Å²) in [5.41, 5.74) is 0. The average molecular weight is 250 g/mol. The molecular formula is C10H22N2O3S. The van der Waals surface area contributed by atoms with E-state index < -0.39 is 10.0 Å². The minimum absolute atomic E-state index is 0.119. The quantitative estimate of drug-likeness (QED) is 0.676. The summed E-state index contributed by atoms with van der Waals surface area (Å²) in [5, 5.41) is 2.96. The van der Waals surface area contributed by atoms with Crippen LogP contribution in [0.2, 0.25) is 0 Å². The van der Waals surface area contributed by atoms with Crippen LogP contribution in [0.15, 0.2) is 0 Å². The van der Waals surface area contributed by atoms with Gasteiger partial charge in [-0.25, -0.2) is 12.7 Å². The topological polar surface area (TPSA) is 58.6 Å². The lowest BCUT2D eigenvalue weighted by atomic mass is 10.1. The van der Waals surface area contributed by atoms with E-state index in [4.69, 9.17) is 4.74 Å². The van der Waals surface area contributed by atoms with Gasteiger partial charge in [-0.3, -0.25) is 0 Å². The van der Waals surface area contributed by atoms with Crippen LogP contribution in [0.25, 0.3) is 0 Å². The van der Waals surface area contributed by atoms with Gasteiger partial charge in [0.15, 0.2) is 0 Å². The minimum atomic E-state index is -3.09. The van der Waals surface area contributed by atoms with Crippen LogP contribution in [-0.2, 0) is 14.8 Å². The first-order chi connectivity index (χ1) is 7.58. The summed E-state index contributed by atoms with van der Waals surface area (Å²) in [6, 6.07) is 0.119. The molecular weight excluding hydrogens is 228 g/mol. The highest BCUT2D eigenvalue weighted by atomic mass is 32.2. The molecule has 96 valence electrons. The molecule has 1 rings (SSSR count). The van der Waals surface area contributed by atoms with E-state index >= 15 is 0 Å². The predicted molar refractivity (Wildman–Crippen MR) is 63.9 cm³/mol. The standard InChI is InChI=1S/C10H22N2O3S/c1-11-6-3-9-16(13,14)12(2)10-4-7-15-8-5-10/h10-11H,3-9H2,1-2H3. The Morgan fingerprint density at radius 3 is 2.56 bits per heavy atom. The van der Waals surface area contributed by atoms with Crippen molar-refractivity contribution >= 4 is 10.0 Å². The van der Waals surface area contributed by atoms with Gasteiger partial charge in [-0.2, -0.15) is 0 Å². The molecule has 0 amide bonds. The third kappa shape index (κ3) is 4.01. The molecule has 1 N–H and O–H groups in total. The van der Waals surface area contributed by atoms with E-state index in [1.807, 2.05) is 7.05 Å². The normalized spacial score (nSPS) is 19.2. The van der Waals surface area contributed by atoms with Gasteiger partial charge in [0, 0.05) is 26.3 Å². The molecule has 1 aliphatic rings. The lowest BCUT2D eigenvalue weighted by molar-refractivity contribution is 0.0632. The molecule has 0 aliphatic carbocycles. The van der Waals surface area contributed by atoms with Crippen molar-refractivity contribution in [3.05, 3.63) is 0 Å². The van der Waals surface area contributed by atoms with Gasteiger partial charge in [0.1, 0.15) is 0 Å². The van der Waals surface area contributed by atoms with Crippen LogP contribution < -0.4 is 5.32 Å². The fourth-order valence-electron chi connectivity index (χ4n) is 1.85. The number of nitrogens with one attached hydrogen (secondary N) is 1. The number of nitrogens with zero attached hydrogens (tertiary/aromatic N) is 1. The monoisotopic (exact) mass is 250 g/mol. The largest absolute Gasteiger partial charge is 0.381 e. The van der Waals surface area contributed by atoms with Crippen LogP contribution in [0.5, 0.6) is 0 Å². The van der Waals surface area contributed by atoms with E-state index in [9.17, 15) is 8.42 Å². The first kappa shape index (κ1) is 13.9. The van der Waals surface area contributed by atoms with E-state index in [0.29, 0.717) is 19.6 Å². The highest BCUT2D eigenvalue weighted by molar-refractivity contribution is 7.89. The highest BCUT2D eigenvalue weighted by Crippen LogP contribution is 2.16. The summed E-state index contributed by atoms with van der Waals surface area (Å²) >= 11 is 0. The molecule has 1 saturated heterocycles. The molecule has 5 nitrogen and oxygen atoms in total. The molecule has 1 aliphatic heterocycles. The van der Waals surface area contributed by atoms with Crippen molar-refractivity contribution in [2.45, 2.75) is 25.3 Å². The Hall–Kier alpha value is -0.170. The average Bonchev–Trinajstić information content (AvgIpc) is 2.29. The maximum atomic E-state index is 12.0. The van der Waals surface area contributed by atoms with Crippen LogP contribution in [0.3, 0.4) is 0 Å². The second kappa shape index (κ2) is 6.54. The predicted octanol–water partition coefficient (Wildman–Crippen LogP) is 0.0365. The Morgan fingerprint density at radius 1 is 1.38 bits per heavy atom. The van der Waals surface area contributed by atoms with Gasteiger partial charge >= 0.3 is 0 Å². The molecule has 1 heterocycles. The van der Waals surface area contributed by atoms with E-state index in [-0.39, 0.29) is 11.8 Å². The van der Waals surface area contributed by atoms with Crippen LogP contribution in [0.1, 0.15) is 19.3 Å². The molecule has 0 unspecified atom stereocenters. The number of rotatable bonds is 6. The Bertz CT molecular complexity index is 286. The molecule has 0 aromatic heterocycles. The maximum Gasteiger partial charge on any atom is 0.214 e. The Labute approximate surface area is 98.2 Å². The van der Waals surface area contributed by atoms with Crippen LogP contribution in [-0.4, -0.2) is 58.4 Å². The Kier molecular flexibility index (Phi) is 5.68. The van der Waals surface area contributed by atoms with E-state index in [2.05, 4.69) is 5.32 Å². The number of ether oxygens (including phenoxy) is 1. The van der Waals surface area contributed by atoms with Crippen molar-refractivity contribution < 1.29 is 13.2 Å². The molecule has 0 spiro atoms. The Balaban J connectivity index is 2.46. The zero-order chi connectivity index (χ0) is 12.0. The van der Waals surface area contributed by atoms with Crippen molar-refractivity contribution in [1.29, 1.82) is 0 Å². The summed E-state index contributed by atoms with van der Waals surface area (Å²) < 4.78 is 30.7. The summed E-state index contributed by atoms with van der Waals surface area (Å²) in [6.45, 7) is 2.07. The smallest absolute Gasteiger partial charge is 0.214 e. The first-order valence-electron chi connectivity index (χ1n) is 5.76. The van der Waals surface area contributed by atoms with Gasteiger partial charge in [0.25, 0.3) is 0 Å². The van der Waals surface area contributed by atoms with Gasteiger partial charge in [0.2, 0.25) is 10.0 Å². The van der Waals surface area contributed by atoms with Crippen LogP contribution in [0, 0.1) is 0 Å². The van der Waals surface area contributed by atoms with Crippen LogP contribution >= 0.6 is 0 Å². The van der Waals surface area contributed by atoms with Crippen molar-refractivity contribution in [3.8, 4) is 0 Å². The second-order valence-corrected chi connectivity index (χ2v) is 6.28. The fraction of sp³-hybridized carbons (Fsp3) is 1.00. The first-order valence-corrected chi connectivity index (χ1v) is 7.37. The van der Waals surface area contributed by atoms with E-state index in [0.717, 1.165) is 19.4 Å². The number of sulfonamides is 1. The SMILES string of the molecule is CNCCCS(=O)(=O)N(C)C1CCOCC1. The van der Waals surface area contributed by atoms with Crippen molar-refractivity contribution in [3.63, 3.8) is 0 Å². The van der Waals surface area contributed by atoms with E-state index in [1.165, 1.54) is 4.31 Å². The highest BCUT2D eigenvalue weighted by Gasteiger charge is 2.27. The molecule has 0 aromatic carbocycles. The number of hydrogen-bond donors (Lipinski definition) is 1. The van der Waals surface area contributed by atoms with Gasteiger partial charge in [0.05, 0.1) is 5.75 Å². The summed E-state index contributed by atoms with van der Waals surface area (Å²) in [4.78, 5) is 0. The van der Waals surface area contributed by atoms with Crippen molar-refractivity contribution in [2.75, 3.05) is 39.6 Å². The summed E-state index contributed by atoms with van der Waals surface area (Å²) in [6.07, 6.45) is 2.27. The van der Waals surface area contributed by atoms with Crippen LogP contribution in [0.4, 0.5) is 0 Å². The van der Waals surface area contributed by atoms with Crippen molar-refractivity contribution in [2.24, 2.45) is 0 Å². The molecule has 6 heteroatoms. The molecule has 0 radical (unpaired) electrons. The van der Waals surface area contributed by atoms with Gasteiger partial charge in [-0.05, 0) is 32.9 Å². The van der Waals surface area contributed by atoms with Crippen molar-refractivity contribution in [1.82, 2.24) is 9.62 Å². The molecule has 16 heavy (non-hydrogen) atoms. The summed E-state index contributed by atoms with van der Waals surface area (Å²) in [5.74, 6) is 0.224. The van der Waals surface area contributed by atoms with Gasteiger partial charge in [-0.15, -0.1) is 0 Å². The Morgan fingerprint density at radius 2 is 2.00 bits per heavy atom. The molecule has 1 fully saturated rings. The zero-order valence-electron chi connectivity index (χ0n) is 10.1.